The van der Waals surface area contributed by atoms with Gasteiger partial charge in [-0.3, -0.25) is 4.79 Å². The zero-order valence-electron chi connectivity index (χ0n) is 12.0. The fourth-order valence-electron chi connectivity index (χ4n) is 2.21. The lowest BCUT2D eigenvalue weighted by molar-refractivity contribution is -0.125. The molecule has 0 bridgehead atoms. The van der Waals surface area contributed by atoms with E-state index in [1.807, 2.05) is 4.72 Å². The SMILES string of the molecule is O=C(COC1CCCC1)NS(=O)(=O)/C=C/c1ccc(F)cc1. The summed E-state index contributed by atoms with van der Waals surface area (Å²) in [4.78, 5) is 11.6. The second-order valence-corrected chi connectivity index (χ2v) is 6.71. The number of carbonyl (C=O) groups excluding carboxylic acids is 1. The van der Waals surface area contributed by atoms with Gasteiger partial charge in [-0.25, -0.2) is 17.5 Å². The fourth-order valence-corrected chi connectivity index (χ4v) is 2.99. The average molecular weight is 327 g/mol. The first kappa shape index (κ1) is 16.6. The second-order valence-electron chi connectivity index (χ2n) is 5.14. The van der Waals surface area contributed by atoms with Gasteiger partial charge in [-0.2, -0.15) is 0 Å². The fraction of sp³-hybridized carbons (Fsp3) is 0.400. The highest BCUT2D eigenvalue weighted by Crippen LogP contribution is 2.20. The van der Waals surface area contributed by atoms with E-state index < -0.39 is 21.7 Å². The molecule has 1 fully saturated rings. The number of amides is 1. The zero-order chi connectivity index (χ0) is 16.0. The average Bonchev–Trinajstić information content (AvgIpc) is 2.97. The van der Waals surface area contributed by atoms with Crippen LogP contribution in [-0.2, 0) is 19.6 Å². The lowest BCUT2D eigenvalue weighted by Crippen LogP contribution is -2.33. The molecule has 0 heterocycles. The summed E-state index contributed by atoms with van der Waals surface area (Å²) in [5.41, 5.74) is 0.515. The van der Waals surface area contributed by atoms with Crippen molar-refractivity contribution in [3.8, 4) is 0 Å². The van der Waals surface area contributed by atoms with E-state index in [2.05, 4.69) is 0 Å². The summed E-state index contributed by atoms with van der Waals surface area (Å²) in [6.07, 6.45) is 5.29. The Balaban J connectivity index is 1.84. The van der Waals surface area contributed by atoms with Gasteiger partial charge in [0, 0.05) is 0 Å². The van der Waals surface area contributed by atoms with Crippen molar-refractivity contribution >= 4 is 22.0 Å². The normalized spacial score (nSPS) is 16.2. The number of ether oxygens (including phenoxy) is 1. The predicted molar refractivity (Wildman–Crippen MR) is 80.7 cm³/mol. The first-order chi connectivity index (χ1) is 10.4. The number of nitrogens with one attached hydrogen (secondary N) is 1. The minimum absolute atomic E-state index is 0.0446. The molecule has 1 aliphatic rings. The van der Waals surface area contributed by atoms with Gasteiger partial charge in [0.25, 0.3) is 15.9 Å². The lowest BCUT2D eigenvalue weighted by atomic mass is 10.2. The Morgan fingerprint density at radius 3 is 2.55 bits per heavy atom. The van der Waals surface area contributed by atoms with Crippen molar-refractivity contribution in [3.05, 3.63) is 41.1 Å². The largest absolute Gasteiger partial charge is 0.368 e. The van der Waals surface area contributed by atoms with Crippen molar-refractivity contribution in [2.45, 2.75) is 31.8 Å². The minimum atomic E-state index is -3.89. The summed E-state index contributed by atoms with van der Waals surface area (Å²) >= 11 is 0. The summed E-state index contributed by atoms with van der Waals surface area (Å²) in [5, 5.41) is 0.869. The monoisotopic (exact) mass is 327 g/mol. The first-order valence-corrected chi connectivity index (χ1v) is 8.60. The first-order valence-electron chi connectivity index (χ1n) is 7.05. The van der Waals surface area contributed by atoms with Crippen LogP contribution in [0.15, 0.2) is 29.7 Å². The van der Waals surface area contributed by atoms with Crippen LogP contribution in [0.25, 0.3) is 6.08 Å². The molecule has 0 spiro atoms. The maximum Gasteiger partial charge on any atom is 0.259 e. The Morgan fingerprint density at radius 1 is 1.27 bits per heavy atom. The van der Waals surface area contributed by atoms with Gasteiger partial charge in [-0.1, -0.05) is 25.0 Å². The molecule has 1 aromatic carbocycles. The lowest BCUT2D eigenvalue weighted by Gasteiger charge is -2.10. The van der Waals surface area contributed by atoms with Crippen LogP contribution in [0.1, 0.15) is 31.2 Å². The van der Waals surface area contributed by atoms with Gasteiger partial charge >= 0.3 is 0 Å². The molecule has 7 heteroatoms. The smallest absolute Gasteiger partial charge is 0.259 e. The van der Waals surface area contributed by atoms with E-state index in [1.54, 1.807) is 0 Å². The molecule has 0 unspecified atom stereocenters. The number of hydrogen-bond acceptors (Lipinski definition) is 4. The van der Waals surface area contributed by atoms with Crippen molar-refractivity contribution in [3.63, 3.8) is 0 Å². The van der Waals surface area contributed by atoms with E-state index in [-0.39, 0.29) is 12.7 Å². The number of halogens is 1. The van der Waals surface area contributed by atoms with Crippen LogP contribution in [-0.4, -0.2) is 27.0 Å². The molecule has 5 nitrogen and oxygen atoms in total. The number of hydrogen-bond donors (Lipinski definition) is 1. The highest BCUT2D eigenvalue weighted by molar-refractivity contribution is 7.93. The summed E-state index contributed by atoms with van der Waals surface area (Å²) in [6.45, 7) is -0.270. The molecular weight excluding hydrogens is 309 g/mol. The van der Waals surface area contributed by atoms with Gasteiger partial charge in [0.2, 0.25) is 0 Å². The van der Waals surface area contributed by atoms with E-state index in [4.69, 9.17) is 4.74 Å². The summed E-state index contributed by atoms with van der Waals surface area (Å²) in [7, 11) is -3.89. The summed E-state index contributed by atoms with van der Waals surface area (Å²) < 4.78 is 43.4. The number of sulfonamides is 1. The quantitative estimate of drug-likeness (QED) is 0.869. The van der Waals surface area contributed by atoms with E-state index in [0.717, 1.165) is 31.1 Å². The summed E-state index contributed by atoms with van der Waals surface area (Å²) in [5.74, 6) is -1.10. The highest BCUT2D eigenvalue weighted by Gasteiger charge is 2.18. The molecule has 0 atom stereocenters. The molecule has 0 aromatic heterocycles. The third-order valence-electron chi connectivity index (χ3n) is 3.32. The predicted octanol–water partition coefficient (Wildman–Crippen LogP) is 2.20. The van der Waals surface area contributed by atoms with E-state index in [9.17, 15) is 17.6 Å². The number of carbonyl (C=O) groups is 1. The minimum Gasteiger partial charge on any atom is -0.368 e. The Labute approximate surface area is 129 Å². The number of rotatable bonds is 6. The van der Waals surface area contributed by atoms with Crippen LogP contribution in [0.3, 0.4) is 0 Å². The summed E-state index contributed by atoms with van der Waals surface area (Å²) in [6, 6.07) is 5.32. The highest BCUT2D eigenvalue weighted by atomic mass is 32.2. The molecule has 0 aliphatic heterocycles. The van der Waals surface area contributed by atoms with Crippen molar-refractivity contribution in [2.75, 3.05) is 6.61 Å². The van der Waals surface area contributed by atoms with Gasteiger partial charge in [0.05, 0.1) is 11.5 Å². The van der Waals surface area contributed by atoms with Crippen LogP contribution in [0.4, 0.5) is 4.39 Å². The van der Waals surface area contributed by atoms with Gasteiger partial charge in [-0.05, 0) is 36.6 Å². The second kappa shape index (κ2) is 7.51. The van der Waals surface area contributed by atoms with Crippen molar-refractivity contribution in [1.82, 2.24) is 4.72 Å². The Hall–Kier alpha value is -1.73. The van der Waals surface area contributed by atoms with E-state index in [0.29, 0.717) is 5.56 Å². The van der Waals surface area contributed by atoms with Crippen molar-refractivity contribution < 1.29 is 22.3 Å². The molecule has 0 radical (unpaired) electrons. The Morgan fingerprint density at radius 2 is 1.91 bits per heavy atom. The molecule has 0 saturated heterocycles. The maximum absolute atomic E-state index is 12.7. The topological polar surface area (TPSA) is 72.5 Å². The third-order valence-corrected chi connectivity index (χ3v) is 4.32. The van der Waals surface area contributed by atoms with Crippen molar-refractivity contribution in [1.29, 1.82) is 0 Å². The van der Waals surface area contributed by atoms with Gasteiger partial charge in [-0.15, -0.1) is 0 Å². The van der Waals surface area contributed by atoms with Gasteiger partial charge in [0.1, 0.15) is 12.4 Å². The van der Waals surface area contributed by atoms with Gasteiger partial charge in [0.15, 0.2) is 0 Å². The zero-order valence-corrected chi connectivity index (χ0v) is 12.8. The molecular formula is C15H18FNO4S. The molecule has 1 aliphatic carbocycles. The van der Waals surface area contributed by atoms with Crippen LogP contribution in [0.5, 0.6) is 0 Å². The third kappa shape index (κ3) is 5.57. The molecule has 120 valence electrons. The van der Waals surface area contributed by atoms with E-state index >= 15 is 0 Å². The standard InChI is InChI=1S/C15H18FNO4S/c16-13-7-5-12(6-8-13)9-10-22(19,20)17-15(18)11-21-14-3-1-2-4-14/h5-10,14H,1-4,11H2,(H,17,18)/b10-9+. The van der Waals surface area contributed by atoms with Crippen molar-refractivity contribution in [2.24, 2.45) is 0 Å². The number of benzene rings is 1. The molecule has 1 N–H and O–H groups in total. The van der Waals surface area contributed by atoms with Crippen LogP contribution < -0.4 is 4.72 Å². The molecule has 1 saturated carbocycles. The molecule has 1 amide bonds. The molecule has 1 aromatic rings. The molecule has 2 rings (SSSR count). The van der Waals surface area contributed by atoms with Crippen LogP contribution in [0, 0.1) is 5.82 Å². The molecule has 22 heavy (non-hydrogen) atoms. The maximum atomic E-state index is 12.7. The Bertz CT molecular complexity index is 634. The van der Waals surface area contributed by atoms with Crippen LogP contribution >= 0.6 is 0 Å². The Kier molecular flexibility index (Phi) is 5.68. The van der Waals surface area contributed by atoms with Crippen LogP contribution in [0.2, 0.25) is 0 Å². The van der Waals surface area contributed by atoms with E-state index in [1.165, 1.54) is 30.3 Å². The van der Waals surface area contributed by atoms with Gasteiger partial charge < -0.3 is 4.74 Å².